The molecule has 1 aromatic rings. The molecule has 0 aromatic heterocycles. The molecule has 1 N–H and O–H groups in total. The lowest BCUT2D eigenvalue weighted by atomic mass is 10.1. The largest absolute Gasteiger partial charge is 0.454 e. The molecule has 0 radical (unpaired) electrons. The number of Topliss-reactive ketones (excluding diaryl/α,β-unsaturated/α-hetero) is 1. The molecule has 5 heteroatoms. The smallest absolute Gasteiger partial charge is 0.231 e. The third-order valence-corrected chi connectivity index (χ3v) is 4.86. The molecule has 1 amide bonds. The van der Waals surface area contributed by atoms with Crippen molar-refractivity contribution in [3.05, 3.63) is 29.3 Å². The van der Waals surface area contributed by atoms with Crippen molar-refractivity contribution in [1.29, 1.82) is 0 Å². The van der Waals surface area contributed by atoms with Gasteiger partial charge in [0.05, 0.1) is 11.6 Å². The Hall–Kier alpha value is -2.30. The Kier molecular flexibility index (Phi) is 3.90. The number of benzene rings is 1. The fourth-order valence-electron chi connectivity index (χ4n) is 3.40. The Morgan fingerprint density at radius 3 is 2.38 bits per heavy atom. The molecule has 24 heavy (non-hydrogen) atoms. The molecule has 1 heterocycles. The van der Waals surface area contributed by atoms with Crippen molar-refractivity contribution in [2.75, 3.05) is 12.1 Å². The van der Waals surface area contributed by atoms with E-state index in [0.29, 0.717) is 22.7 Å². The van der Waals surface area contributed by atoms with Crippen LogP contribution in [0.1, 0.15) is 45.0 Å². The van der Waals surface area contributed by atoms with Crippen LogP contribution in [0.25, 0.3) is 0 Å². The first-order chi connectivity index (χ1) is 11.2. The average molecular weight is 329 g/mol. The van der Waals surface area contributed by atoms with Gasteiger partial charge < -0.3 is 14.8 Å². The molecule has 1 fully saturated rings. The number of hydrogen-bond donors (Lipinski definition) is 1. The molecule has 5 nitrogen and oxygen atoms in total. The lowest BCUT2D eigenvalue weighted by Crippen LogP contribution is -2.18. The molecule has 1 aliphatic carbocycles. The van der Waals surface area contributed by atoms with Crippen molar-refractivity contribution >= 4 is 17.4 Å². The van der Waals surface area contributed by atoms with Crippen molar-refractivity contribution in [2.45, 2.75) is 34.6 Å². The van der Waals surface area contributed by atoms with Crippen LogP contribution in [-0.2, 0) is 4.79 Å². The third-order valence-electron chi connectivity index (χ3n) is 4.86. The summed E-state index contributed by atoms with van der Waals surface area (Å²) < 4.78 is 10.7. The summed E-state index contributed by atoms with van der Waals surface area (Å²) in [6, 6.07) is 3.30. The van der Waals surface area contributed by atoms with E-state index < -0.39 is 0 Å². The normalized spacial score (nSPS) is 22.7. The van der Waals surface area contributed by atoms with Crippen molar-refractivity contribution in [2.24, 2.45) is 17.3 Å². The van der Waals surface area contributed by atoms with Gasteiger partial charge in [-0.05, 0) is 38.2 Å². The van der Waals surface area contributed by atoms with Gasteiger partial charge in [0, 0.05) is 11.6 Å². The van der Waals surface area contributed by atoms with Gasteiger partial charge in [-0.1, -0.05) is 25.5 Å². The van der Waals surface area contributed by atoms with Crippen LogP contribution in [0.5, 0.6) is 11.5 Å². The Labute approximate surface area is 142 Å². The fraction of sp³-hybridized carbons (Fsp3) is 0.474. The number of rotatable bonds is 4. The van der Waals surface area contributed by atoms with Crippen LogP contribution in [0.3, 0.4) is 0 Å². The molecular formula is C19H23NO4. The number of carbonyl (C=O) groups is 2. The van der Waals surface area contributed by atoms with E-state index in [-0.39, 0.29) is 35.7 Å². The predicted molar refractivity (Wildman–Crippen MR) is 91.4 cm³/mol. The van der Waals surface area contributed by atoms with E-state index in [1.165, 1.54) is 12.5 Å². The number of nitrogens with one attached hydrogen (secondary N) is 1. The molecule has 0 unspecified atom stereocenters. The highest BCUT2D eigenvalue weighted by Gasteiger charge is 2.60. The second kappa shape index (κ2) is 5.65. The number of amides is 1. The molecule has 0 saturated heterocycles. The lowest BCUT2D eigenvalue weighted by Gasteiger charge is -2.11. The minimum absolute atomic E-state index is 0.0659. The summed E-state index contributed by atoms with van der Waals surface area (Å²) >= 11 is 0. The van der Waals surface area contributed by atoms with E-state index in [0.717, 1.165) is 0 Å². The zero-order valence-electron chi connectivity index (χ0n) is 14.7. The highest BCUT2D eigenvalue weighted by Crippen LogP contribution is 2.59. The zero-order valence-corrected chi connectivity index (χ0v) is 14.7. The van der Waals surface area contributed by atoms with Crippen LogP contribution in [-0.4, -0.2) is 18.5 Å². The van der Waals surface area contributed by atoms with E-state index >= 15 is 0 Å². The summed E-state index contributed by atoms with van der Waals surface area (Å²) in [5.74, 6) is 1.01. The molecule has 0 bridgehead atoms. The summed E-state index contributed by atoms with van der Waals surface area (Å²) in [6.45, 7) is 9.85. The van der Waals surface area contributed by atoms with Gasteiger partial charge in [-0.25, -0.2) is 0 Å². The van der Waals surface area contributed by atoms with E-state index in [1.807, 2.05) is 13.8 Å². The quantitative estimate of drug-likeness (QED) is 0.674. The summed E-state index contributed by atoms with van der Waals surface area (Å²) in [7, 11) is 0. The molecule has 3 rings (SSSR count). The number of fused-ring (bicyclic) bond motifs is 1. The van der Waals surface area contributed by atoms with Crippen molar-refractivity contribution in [1.82, 2.24) is 0 Å². The first kappa shape index (κ1) is 16.6. The van der Waals surface area contributed by atoms with Gasteiger partial charge in [0.1, 0.15) is 0 Å². The van der Waals surface area contributed by atoms with Crippen LogP contribution in [0, 0.1) is 17.3 Å². The van der Waals surface area contributed by atoms with E-state index in [9.17, 15) is 9.59 Å². The number of allylic oxidation sites excluding steroid dienone is 2. The van der Waals surface area contributed by atoms with E-state index in [2.05, 4.69) is 25.2 Å². The molecule has 128 valence electrons. The molecule has 0 spiro atoms. The number of ether oxygens (including phenoxy) is 2. The van der Waals surface area contributed by atoms with Gasteiger partial charge in [-0.3, -0.25) is 9.59 Å². The van der Waals surface area contributed by atoms with Crippen LogP contribution in [0.4, 0.5) is 5.69 Å². The summed E-state index contributed by atoms with van der Waals surface area (Å²) in [4.78, 5) is 24.6. The second-order valence-corrected chi connectivity index (χ2v) is 7.37. The highest BCUT2D eigenvalue weighted by molar-refractivity contribution is 6.05. The molecule has 2 aliphatic rings. The molecule has 2 atom stereocenters. The summed E-state index contributed by atoms with van der Waals surface area (Å²) in [5.41, 5.74) is 2.05. The summed E-state index contributed by atoms with van der Waals surface area (Å²) in [6.07, 6.45) is 2.15. The monoisotopic (exact) mass is 329 g/mol. The Morgan fingerprint density at radius 2 is 1.79 bits per heavy atom. The number of hydrogen-bond acceptors (Lipinski definition) is 4. The second-order valence-electron chi connectivity index (χ2n) is 7.37. The van der Waals surface area contributed by atoms with Gasteiger partial charge in [-0.2, -0.15) is 0 Å². The van der Waals surface area contributed by atoms with Gasteiger partial charge in [0.15, 0.2) is 17.3 Å². The standard InChI is InChI=1S/C19H23NO4/c1-10(2)6-13-17(19(13,4)5)18(22)20-14-8-16-15(23-9-24-16)7-12(14)11(3)21/h6-8,13,17H,9H2,1-5H3,(H,20,22)/t13-,17-/m0/s1. The molecule has 1 saturated carbocycles. The van der Waals surface area contributed by atoms with Crippen LogP contribution in [0.2, 0.25) is 0 Å². The van der Waals surface area contributed by atoms with Gasteiger partial charge in [0.25, 0.3) is 0 Å². The highest BCUT2D eigenvalue weighted by atomic mass is 16.7. The minimum Gasteiger partial charge on any atom is -0.454 e. The maximum Gasteiger partial charge on any atom is 0.231 e. The first-order valence-corrected chi connectivity index (χ1v) is 8.12. The van der Waals surface area contributed by atoms with E-state index in [1.54, 1.807) is 12.1 Å². The first-order valence-electron chi connectivity index (χ1n) is 8.12. The van der Waals surface area contributed by atoms with Gasteiger partial charge >= 0.3 is 0 Å². The van der Waals surface area contributed by atoms with Crippen molar-refractivity contribution < 1.29 is 19.1 Å². The predicted octanol–water partition coefficient (Wildman–Crippen LogP) is 3.79. The Bertz CT molecular complexity index is 744. The Morgan fingerprint density at radius 1 is 1.17 bits per heavy atom. The summed E-state index contributed by atoms with van der Waals surface area (Å²) in [5, 5.41) is 2.92. The van der Waals surface area contributed by atoms with Crippen LogP contribution in [0.15, 0.2) is 23.8 Å². The fourth-order valence-corrected chi connectivity index (χ4v) is 3.40. The molecular weight excluding hydrogens is 306 g/mol. The zero-order chi connectivity index (χ0) is 17.6. The van der Waals surface area contributed by atoms with Crippen molar-refractivity contribution in [3.8, 4) is 11.5 Å². The van der Waals surface area contributed by atoms with Gasteiger partial charge in [-0.15, -0.1) is 0 Å². The number of carbonyl (C=O) groups excluding carboxylic acids is 2. The van der Waals surface area contributed by atoms with Crippen molar-refractivity contribution in [3.63, 3.8) is 0 Å². The van der Waals surface area contributed by atoms with Crippen LogP contribution < -0.4 is 14.8 Å². The average Bonchev–Trinajstić information content (AvgIpc) is 2.83. The molecule has 1 aromatic carbocycles. The lowest BCUT2D eigenvalue weighted by molar-refractivity contribution is -0.118. The Balaban J connectivity index is 1.85. The van der Waals surface area contributed by atoms with Gasteiger partial charge in [0.2, 0.25) is 12.7 Å². The maximum atomic E-state index is 12.7. The van der Waals surface area contributed by atoms with E-state index in [4.69, 9.17) is 9.47 Å². The SMILES string of the molecule is CC(=O)c1cc2c(cc1NC(=O)[C@@H]1[C@H](C=C(C)C)C1(C)C)OCO2. The maximum absolute atomic E-state index is 12.7. The third kappa shape index (κ3) is 2.79. The number of anilines is 1. The molecule has 1 aliphatic heterocycles. The minimum atomic E-state index is -0.125. The topological polar surface area (TPSA) is 64.6 Å². The number of ketones is 1. The van der Waals surface area contributed by atoms with Crippen LogP contribution >= 0.6 is 0 Å².